The first-order chi connectivity index (χ1) is 9.01. The number of halogens is 1. The third-order valence-corrected chi connectivity index (χ3v) is 2.97. The van der Waals surface area contributed by atoms with Crippen molar-refractivity contribution in [2.45, 2.75) is 31.7 Å². The number of aliphatic hydroxyl groups is 2. The van der Waals surface area contributed by atoms with Crippen LogP contribution in [0.1, 0.15) is 25.0 Å². The Hall–Kier alpha value is -1.66. The zero-order valence-electron chi connectivity index (χ0n) is 10.4. The highest BCUT2D eigenvalue weighted by atomic mass is 19.1. The standard InChI is InChI=1S/C13H15FO5/c1-7(16)18-12-5-13(10(17)6-15)19-11-3-2-8(14)4-9(11)12/h2-4,10,12-13,15,17H,5-6H2,1H3/t10-,12+,13-/m0/s1. The Morgan fingerprint density at radius 2 is 2.37 bits per heavy atom. The number of rotatable bonds is 3. The molecule has 0 saturated heterocycles. The van der Waals surface area contributed by atoms with Crippen LogP contribution in [0.3, 0.4) is 0 Å². The van der Waals surface area contributed by atoms with Gasteiger partial charge in [-0.25, -0.2) is 4.39 Å². The number of carbonyl (C=O) groups is 1. The molecule has 0 amide bonds. The van der Waals surface area contributed by atoms with Gasteiger partial charge in [0.25, 0.3) is 0 Å². The molecule has 0 aromatic heterocycles. The first-order valence-electron chi connectivity index (χ1n) is 5.93. The number of fused-ring (bicyclic) bond motifs is 1. The van der Waals surface area contributed by atoms with Gasteiger partial charge in [-0.3, -0.25) is 4.79 Å². The number of hydrogen-bond acceptors (Lipinski definition) is 5. The van der Waals surface area contributed by atoms with Crippen LogP contribution in [0.2, 0.25) is 0 Å². The van der Waals surface area contributed by atoms with Crippen LogP contribution >= 0.6 is 0 Å². The van der Waals surface area contributed by atoms with Gasteiger partial charge < -0.3 is 19.7 Å². The molecule has 1 aromatic rings. The van der Waals surface area contributed by atoms with E-state index in [1.54, 1.807) is 0 Å². The summed E-state index contributed by atoms with van der Waals surface area (Å²) in [5, 5.41) is 18.6. The summed E-state index contributed by atoms with van der Waals surface area (Å²) >= 11 is 0. The molecule has 6 heteroatoms. The van der Waals surface area contributed by atoms with Gasteiger partial charge in [0.1, 0.15) is 29.9 Å². The molecule has 0 unspecified atom stereocenters. The van der Waals surface area contributed by atoms with Crippen molar-refractivity contribution in [2.24, 2.45) is 0 Å². The Morgan fingerprint density at radius 3 is 3.00 bits per heavy atom. The molecular weight excluding hydrogens is 255 g/mol. The van der Waals surface area contributed by atoms with Gasteiger partial charge >= 0.3 is 5.97 Å². The van der Waals surface area contributed by atoms with E-state index in [0.29, 0.717) is 11.3 Å². The molecule has 0 radical (unpaired) electrons. The molecule has 5 nitrogen and oxygen atoms in total. The summed E-state index contributed by atoms with van der Waals surface area (Å²) < 4.78 is 23.8. The van der Waals surface area contributed by atoms with E-state index in [1.807, 2.05) is 0 Å². The maximum absolute atomic E-state index is 13.2. The molecule has 0 fully saturated rings. The van der Waals surface area contributed by atoms with Crippen molar-refractivity contribution in [3.05, 3.63) is 29.6 Å². The lowest BCUT2D eigenvalue weighted by Crippen LogP contribution is -2.39. The van der Waals surface area contributed by atoms with Crippen molar-refractivity contribution in [1.82, 2.24) is 0 Å². The molecular formula is C13H15FO5. The van der Waals surface area contributed by atoms with Crippen LogP contribution in [0.4, 0.5) is 4.39 Å². The van der Waals surface area contributed by atoms with E-state index < -0.39 is 36.7 Å². The Kier molecular flexibility index (Phi) is 4.01. The predicted octanol–water partition coefficient (Wildman–Crippen LogP) is 0.934. The smallest absolute Gasteiger partial charge is 0.303 e. The van der Waals surface area contributed by atoms with Gasteiger partial charge in [0.2, 0.25) is 0 Å². The lowest BCUT2D eigenvalue weighted by molar-refractivity contribution is -0.150. The second-order valence-electron chi connectivity index (χ2n) is 4.42. The van der Waals surface area contributed by atoms with Crippen LogP contribution in [-0.4, -0.2) is 35.0 Å². The molecule has 0 aliphatic carbocycles. The van der Waals surface area contributed by atoms with E-state index >= 15 is 0 Å². The lowest BCUT2D eigenvalue weighted by atomic mass is 9.96. The fraction of sp³-hybridized carbons (Fsp3) is 0.462. The molecule has 19 heavy (non-hydrogen) atoms. The molecule has 0 spiro atoms. The summed E-state index contributed by atoms with van der Waals surface area (Å²) in [7, 11) is 0. The minimum absolute atomic E-state index is 0.164. The molecule has 1 aliphatic rings. The van der Waals surface area contributed by atoms with Gasteiger partial charge in [0, 0.05) is 18.9 Å². The normalized spacial score (nSPS) is 23.2. The third kappa shape index (κ3) is 3.02. The SMILES string of the molecule is CC(=O)O[C@@H]1C[C@@H]([C@@H](O)CO)Oc2ccc(F)cc21. The molecule has 1 heterocycles. The first kappa shape index (κ1) is 13.8. The molecule has 0 bridgehead atoms. The molecule has 3 atom stereocenters. The average Bonchev–Trinajstić information content (AvgIpc) is 2.37. The summed E-state index contributed by atoms with van der Waals surface area (Å²) in [6.45, 7) is 0.792. The van der Waals surface area contributed by atoms with Crippen LogP contribution in [0, 0.1) is 5.82 Å². The molecule has 104 valence electrons. The van der Waals surface area contributed by atoms with Crippen molar-refractivity contribution in [2.75, 3.05) is 6.61 Å². The zero-order chi connectivity index (χ0) is 14.0. The summed E-state index contributed by atoms with van der Waals surface area (Å²) in [5.74, 6) is -0.614. The minimum Gasteiger partial charge on any atom is -0.487 e. The summed E-state index contributed by atoms with van der Waals surface area (Å²) in [5.41, 5.74) is 0.427. The quantitative estimate of drug-likeness (QED) is 0.799. The van der Waals surface area contributed by atoms with E-state index in [4.69, 9.17) is 14.6 Å². The Bertz CT molecular complexity index is 476. The number of esters is 1. The molecule has 2 N–H and O–H groups in total. The monoisotopic (exact) mass is 270 g/mol. The highest BCUT2D eigenvalue weighted by molar-refractivity contribution is 5.66. The number of carbonyl (C=O) groups excluding carboxylic acids is 1. The lowest BCUT2D eigenvalue weighted by Gasteiger charge is -2.33. The molecule has 1 aromatic carbocycles. The Morgan fingerprint density at radius 1 is 1.63 bits per heavy atom. The number of ether oxygens (including phenoxy) is 2. The topological polar surface area (TPSA) is 76.0 Å². The maximum atomic E-state index is 13.2. The first-order valence-corrected chi connectivity index (χ1v) is 5.93. The van der Waals surface area contributed by atoms with Crippen molar-refractivity contribution < 1.29 is 28.9 Å². The molecule has 2 rings (SSSR count). The highest BCUT2D eigenvalue weighted by Crippen LogP contribution is 2.38. The van der Waals surface area contributed by atoms with Gasteiger partial charge in [0.05, 0.1) is 6.61 Å². The second kappa shape index (κ2) is 5.54. The van der Waals surface area contributed by atoms with Gasteiger partial charge in [0.15, 0.2) is 0 Å². The fourth-order valence-electron chi connectivity index (χ4n) is 2.09. The number of hydrogen-bond donors (Lipinski definition) is 2. The van der Waals surface area contributed by atoms with E-state index in [-0.39, 0.29) is 6.42 Å². The van der Waals surface area contributed by atoms with E-state index in [0.717, 1.165) is 0 Å². The van der Waals surface area contributed by atoms with Crippen LogP contribution in [0.15, 0.2) is 18.2 Å². The number of benzene rings is 1. The van der Waals surface area contributed by atoms with Gasteiger partial charge in [-0.05, 0) is 18.2 Å². The predicted molar refractivity (Wildman–Crippen MR) is 63.0 cm³/mol. The van der Waals surface area contributed by atoms with Crippen LogP contribution < -0.4 is 4.74 Å². The Balaban J connectivity index is 2.31. The van der Waals surface area contributed by atoms with Crippen molar-refractivity contribution >= 4 is 5.97 Å². The van der Waals surface area contributed by atoms with E-state index in [9.17, 15) is 14.3 Å². The zero-order valence-corrected chi connectivity index (χ0v) is 10.4. The largest absolute Gasteiger partial charge is 0.487 e. The van der Waals surface area contributed by atoms with Gasteiger partial charge in [-0.15, -0.1) is 0 Å². The van der Waals surface area contributed by atoms with Crippen molar-refractivity contribution in [3.63, 3.8) is 0 Å². The maximum Gasteiger partial charge on any atom is 0.303 e. The summed E-state index contributed by atoms with van der Waals surface area (Å²) in [6.07, 6.45) is -2.32. The van der Waals surface area contributed by atoms with Gasteiger partial charge in [-0.2, -0.15) is 0 Å². The average molecular weight is 270 g/mol. The summed E-state index contributed by atoms with van der Waals surface area (Å²) in [4.78, 5) is 11.1. The fourth-order valence-corrected chi connectivity index (χ4v) is 2.09. The van der Waals surface area contributed by atoms with Crippen molar-refractivity contribution in [3.8, 4) is 5.75 Å². The van der Waals surface area contributed by atoms with Gasteiger partial charge in [-0.1, -0.05) is 0 Å². The second-order valence-corrected chi connectivity index (χ2v) is 4.42. The van der Waals surface area contributed by atoms with E-state index in [1.165, 1.54) is 25.1 Å². The van der Waals surface area contributed by atoms with Crippen LogP contribution in [-0.2, 0) is 9.53 Å². The summed E-state index contributed by atoms with van der Waals surface area (Å²) in [6, 6.07) is 3.87. The van der Waals surface area contributed by atoms with Crippen LogP contribution in [0.5, 0.6) is 5.75 Å². The number of aliphatic hydroxyl groups excluding tert-OH is 2. The molecule has 1 aliphatic heterocycles. The highest BCUT2D eigenvalue weighted by Gasteiger charge is 2.34. The van der Waals surface area contributed by atoms with Crippen LogP contribution in [0.25, 0.3) is 0 Å². The Labute approximate surface area is 109 Å². The minimum atomic E-state index is -1.09. The third-order valence-electron chi connectivity index (χ3n) is 2.97. The van der Waals surface area contributed by atoms with E-state index in [2.05, 4.69) is 0 Å². The van der Waals surface area contributed by atoms with Crippen molar-refractivity contribution in [1.29, 1.82) is 0 Å². The molecule has 0 saturated carbocycles.